The number of amides is 1. The van der Waals surface area contributed by atoms with Gasteiger partial charge in [0, 0.05) is 11.9 Å². The number of aryl methyl sites for hydroxylation is 1. The first-order chi connectivity index (χ1) is 7.17. The number of hydrogen-bond acceptors (Lipinski definition) is 3. The molecule has 0 saturated carbocycles. The monoisotopic (exact) mass is 208 g/mol. The fraction of sp³-hybridized carbons (Fsp3) is 0.455. The third-order valence-corrected chi connectivity index (χ3v) is 2.22. The Kier molecular flexibility index (Phi) is 4.24. The van der Waals surface area contributed by atoms with E-state index < -0.39 is 0 Å². The molecule has 1 heterocycles. The first-order valence-electron chi connectivity index (χ1n) is 5.01. The Labute approximate surface area is 89.3 Å². The van der Waals surface area contributed by atoms with Crippen molar-refractivity contribution in [3.8, 4) is 0 Å². The largest absolute Gasteiger partial charge is 0.394 e. The van der Waals surface area contributed by atoms with Crippen LogP contribution in [0.4, 0.5) is 0 Å². The van der Waals surface area contributed by atoms with Crippen LogP contribution in [0, 0.1) is 6.92 Å². The molecule has 1 aromatic rings. The molecule has 1 aromatic heterocycles. The number of aliphatic hydroxyl groups is 1. The Bertz CT molecular complexity index is 318. The van der Waals surface area contributed by atoms with Crippen LogP contribution in [0.2, 0.25) is 0 Å². The second-order valence-electron chi connectivity index (χ2n) is 3.45. The Balaban J connectivity index is 2.64. The molecule has 1 atom stereocenters. The van der Waals surface area contributed by atoms with Crippen molar-refractivity contribution in [3.63, 3.8) is 0 Å². The zero-order valence-electron chi connectivity index (χ0n) is 9.03. The molecule has 82 valence electrons. The summed E-state index contributed by atoms with van der Waals surface area (Å²) >= 11 is 0. The van der Waals surface area contributed by atoms with E-state index in [2.05, 4.69) is 10.3 Å². The number of rotatable bonds is 4. The van der Waals surface area contributed by atoms with Crippen molar-refractivity contribution in [1.82, 2.24) is 10.3 Å². The normalized spacial score (nSPS) is 12.2. The van der Waals surface area contributed by atoms with Crippen LogP contribution in [-0.2, 0) is 0 Å². The van der Waals surface area contributed by atoms with Crippen molar-refractivity contribution in [2.45, 2.75) is 26.3 Å². The Morgan fingerprint density at radius 2 is 2.33 bits per heavy atom. The van der Waals surface area contributed by atoms with Crippen molar-refractivity contribution in [2.75, 3.05) is 6.61 Å². The summed E-state index contributed by atoms with van der Waals surface area (Å²) in [6, 6.07) is 3.33. The Morgan fingerprint density at radius 3 is 2.80 bits per heavy atom. The molecule has 0 bridgehead atoms. The maximum Gasteiger partial charge on any atom is 0.253 e. The van der Waals surface area contributed by atoms with Gasteiger partial charge in [0.15, 0.2) is 0 Å². The molecule has 2 N–H and O–H groups in total. The number of nitrogens with one attached hydrogen (secondary N) is 1. The topological polar surface area (TPSA) is 62.2 Å². The molecule has 1 amide bonds. The summed E-state index contributed by atoms with van der Waals surface area (Å²) in [6.07, 6.45) is 2.25. The van der Waals surface area contributed by atoms with Crippen LogP contribution >= 0.6 is 0 Å². The van der Waals surface area contributed by atoms with Gasteiger partial charge < -0.3 is 10.4 Å². The van der Waals surface area contributed by atoms with E-state index in [1.165, 1.54) is 6.20 Å². The van der Waals surface area contributed by atoms with Crippen LogP contribution in [0.3, 0.4) is 0 Å². The van der Waals surface area contributed by atoms with Gasteiger partial charge in [-0.3, -0.25) is 9.78 Å². The SMILES string of the molecule is CC[C@H](CO)NC(=O)c1ccc(C)nc1. The average Bonchev–Trinajstić information content (AvgIpc) is 2.26. The lowest BCUT2D eigenvalue weighted by Gasteiger charge is -2.13. The molecule has 0 radical (unpaired) electrons. The zero-order chi connectivity index (χ0) is 11.3. The molecule has 4 heteroatoms. The summed E-state index contributed by atoms with van der Waals surface area (Å²) in [4.78, 5) is 15.7. The van der Waals surface area contributed by atoms with Crippen LogP contribution in [0.25, 0.3) is 0 Å². The van der Waals surface area contributed by atoms with Gasteiger partial charge in [-0.2, -0.15) is 0 Å². The summed E-state index contributed by atoms with van der Waals surface area (Å²) in [5.41, 5.74) is 1.40. The van der Waals surface area contributed by atoms with Crippen LogP contribution in [0.1, 0.15) is 29.4 Å². The van der Waals surface area contributed by atoms with E-state index in [4.69, 9.17) is 5.11 Å². The van der Waals surface area contributed by atoms with Gasteiger partial charge in [-0.1, -0.05) is 6.92 Å². The lowest BCUT2D eigenvalue weighted by Crippen LogP contribution is -2.36. The van der Waals surface area contributed by atoms with Gasteiger partial charge in [0.1, 0.15) is 0 Å². The smallest absolute Gasteiger partial charge is 0.253 e. The van der Waals surface area contributed by atoms with Gasteiger partial charge in [0.05, 0.1) is 18.2 Å². The molecular formula is C11H16N2O2. The molecule has 0 aliphatic carbocycles. The summed E-state index contributed by atoms with van der Waals surface area (Å²) in [6.45, 7) is 3.74. The van der Waals surface area contributed by atoms with Gasteiger partial charge in [-0.15, -0.1) is 0 Å². The third kappa shape index (κ3) is 3.32. The molecule has 4 nitrogen and oxygen atoms in total. The summed E-state index contributed by atoms with van der Waals surface area (Å²) in [7, 11) is 0. The first kappa shape index (κ1) is 11.7. The number of carbonyl (C=O) groups is 1. The first-order valence-corrected chi connectivity index (χ1v) is 5.01. The average molecular weight is 208 g/mol. The van der Waals surface area contributed by atoms with Crippen molar-refractivity contribution in [3.05, 3.63) is 29.6 Å². The minimum Gasteiger partial charge on any atom is -0.394 e. The number of carbonyl (C=O) groups excluding carboxylic acids is 1. The third-order valence-electron chi connectivity index (χ3n) is 2.22. The Hall–Kier alpha value is -1.42. The molecular weight excluding hydrogens is 192 g/mol. The molecule has 15 heavy (non-hydrogen) atoms. The zero-order valence-corrected chi connectivity index (χ0v) is 9.03. The standard InChI is InChI=1S/C11H16N2O2/c1-3-10(7-14)13-11(15)9-5-4-8(2)12-6-9/h4-6,10,14H,3,7H2,1-2H3,(H,13,15)/t10-/m1/s1. The maximum atomic E-state index is 11.6. The van der Waals surface area contributed by atoms with Crippen LogP contribution < -0.4 is 5.32 Å². The lowest BCUT2D eigenvalue weighted by atomic mass is 10.2. The minimum absolute atomic E-state index is 0.0401. The van der Waals surface area contributed by atoms with Crippen molar-refractivity contribution in [2.24, 2.45) is 0 Å². The highest BCUT2D eigenvalue weighted by Crippen LogP contribution is 2.00. The molecule has 0 aromatic carbocycles. The molecule has 0 aliphatic heterocycles. The van der Waals surface area contributed by atoms with E-state index in [-0.39, 0.29) is 18.6 Å². The van der Waals surface area contributed by atoms with Crippen LogP contribution in [-0.4, -0.2) is 28.6 Å². The van der Waals surface area contributed by atoms with E-state index in [1.807, 2.05) is 13.8 Å². The predicted octanol–water partition coefficient (Wildman–Crippen LogP) is 0.891. The van der Waals surface area contributed by atoms with Gasteiger partial charge in [-0.05, 0) is 25.5 Å². The minimum atomic E-state index is -0.191. The maximum absolute atomic E-state index is 11.6. The summed E-state index contributed by atoms with van der Waals surface area (Å²) in [5, 5.41) is 11.7. The number of hydrogen-bond donors (Lipinski definition) is 2. The van der Waals surface area contributed by atoms with Gasteiger partial charge in [0.25, 0.3) is 5.91 Å². The molecule has 1 rings (SSSR count). The number of pyridine rings is 1. The second-order valence-corrected chi connectivity index (χ2v) is 3.45. The highest BCUT2D eigenvalue weighted by molar-refractivity contribution is 5.94. The number of aromatic nitrogens is 1. The number of nitrogens with zero attached hydrogens (tertiary/aromatic N) is 1. The van der Waals surface area contributed by atoms with Crippen molar-refractivity contribution >= 4 is 5.91 Å². The van der Waals surface area contributed by atoms with Gasteiger partial charge in [0.2, 0.25) is 0 Å². The molecule has 0 aliphatic rings. The van der Waals surface area contributed by atoms with Crippen molar-refractivity contribution < 1.29 is 9.90 Å². The van der Waals surface area contributed by atoms with E-state index in [0.717, 1.165) is 5.69 Å². The van der Waals surface area contributed by atoms with Gasteiger partial charge in [-0.25, -0.2) is 0 Å². The Morgan fingerprint density at radius 1 is 1.60 bits per heavy atom. The van der Waals surface area contributed by atoms with E-state index in [1.54, 1.807) is 12.1 Å². The molecule has 0 fully saturated rings. The highest BCUT2D eigenvalue weighted by atomic mass is 16.3. The van der Waals surface area contributed by atoms with E-state index in [9.17, 15) is 4.79 Å². The van der Waals surface area contributed by atoms with Crippen LogP contribution in [0.15, 0.2) is 18.3 Å². The lowest BCUT2D eigenvalue weighted by molar-refractivity contribution is 0.0914. The fourth-order valence-electron chi connectivity index (χ4n) is 1.15. The van der Waals surface area contributed by atoms with E-state index in [0.29, 0.717) is 12.0 Å². The summed E-state index contributed by atoms with van der Waals surface area (Å²) < 4.78 is 0. The predicted molar refractivity (Wildman–Crippen MR) is 57.6 cm³/mol. The molecule has 0 saturated heterocycles. The van der Waals surface area contributed by atoms with Crippen LogP contribution in [0.5, 0.6) is 0 Å². The second kappa shape index (κ2) is 5.46. The fourth-order valence-corrected chi connectivity index (χ4v) is 1.15. The quantitative estimate of drug-likeness (QED) is 0.772. The van der Waals surface area contributed by atoms with Gasteiger partial charge >= 0.3 is 0 Å². The molecule has 0 spiro atoms. The summed E-state index contributed by atoms with van der Waals surface area (Å²) in [5.74, 6) is -0.191. The molecule has 0 unspecified atom stereocenters. The van der Waals surface area contributed by atoms with E-state index >= 15 is 0 Å². The van der Waals surface area contributed by atoms with Crippen molar-refractivity contribution in [1.29, 1.82) is 0 Å². The highest BCUT2D eigenvalue weighted by Gasteiger charge is 2.10. The number of aliphatic hydroxyl groups excluding tert-OH is 1.